The van der Waals surface area contributed by atoms with Crippen LogP contribution in [0.2, 0.25) is 51.4 Å². The Morgan fingerprint density at radius 2 is 1.42 bits per heavy atom. The van der Waals surface area contributed by atoms with Crippen molar-refractivity contribution in [3.05, 3.63) is 65.2 Å². The zero-order valence-electron chi connectivity index (χ0n) is 24.8. The molecule has 0 amide bonds. The van der Waals surface area contributed by atoms with E-state index in [9.17, 15) is 0 Å². The summed E-state index contributed by atoms with van der Waals surface area (Å²) in [5, 5.41) is 0. The Morgan fingerprint density at radius 1 is 0.789 bits per heavy atom. The summed E-state index contributed by atoms with van der Waals surface area (Å²) in [6.07, 6.45) is 6.90. The van der Waals surface area contributed by atoms with Gasteiger partial charge in [0, 0.05) is 29.4 Å². The summed E-state index contributed by atoms with van der Waals surface area (Å²) in [6, 6.07) is 12.3. The first-order valence-corrected chi connectivity index (χ1v) is 20.8. The largest absolute Gasteiger partial charge is 0.493 e. The Bertz CT molecular complexity index is 1050. The molecule has 0 bridgehead atoms. The van der Waals surface area contributed by atoms with Gasteiger partial charge in [0.25, 0.3) is 0 Å². The van der Waals surface area contributed by atoms with Crippen molar-refractivity contribution >= 4 is 28.3 Å². The van der Waals surface area contributed by atoms with E-state index in [1.165, 1.54) is 11.1 Å². The normalized spacial score (nSPS) is 12.1. The summed E-state index contributed by atoms with van der Waals surface area (Å²) in [7, 11) is -0.573. The number of aryl methyl sites for hydroxylation is 1. The summed E-state index contributed by atoms with van der Waals surface area (Å²) in [5.74, 6) is 2.15. The van der Waals surface area contributed by atoms with Gasteiger partial charge in [-0.3, -0.25) is 0 Å². The molecule has 0 aromatic heterocycles. The molecule has 5 nitrogen and oxygen atoms in total. The Hall–Kier alpha value is -2.33. The van der Waals surface area contributed by atoms with Gasteiger partial charge < -0.3 is 23.7 Å². The Morgan fingerprint density at radius 3 is 2.00 bits per heavy atom. The van der Waals surface area contributed by atoms with E-state index in [-0.39, 0.29) is 13.6 Å². The van der Waals surface area contributed by atoms with Gasteiger partial charge in [-0.25, -0.2) is 0 Å². The summed E-state index contributed by atoms with van der Waals surface area (Å²) < 4.78 is 28.8. The first-order chi connectivity index (χ1) is 17.9. The number of benzene rings is 2. The Labute approximate surface area is 232 Å². The maximum Gasteiger partial charge on any atom is 0.189 e. The van der Waals surface area contributed by atoms with Crippen molar-refractivity contribution in [3.63, 3.8) is 0 Å². The number of rotatable bonds is 17. The molecule has 2 rings (SSSR count). The number of methoxy groups -OCH3 is 1. The fourth-order valence-electron chi connectivity index (χ4n) is 3.65. The Balaban J connectivity index is 2.08. The molecule has 0 aliphatic rings. The number of allylic oxidation sites excluding steroid dienone is 1. The molecule has 0 aliphatic carbocycles. The SMILES string of the molecule is C=CCc1c(C)cc(OCOCC[Si](C)(C)C)cc1/C=C/c1ccc(OCOCC[Si](C)(C)C)c(OC)c1. The molecule has 0 atom stereocenters. The fraction of sp³-hybridized carbons (Fsp3) is 0.484. The van der Waals surface area contributed by atoms with Crippen LogP contribution in [0.3, 0.4) is 0 Å². The van der Waals surface area contributed by atoms with Gasteiger partial charge in [0.15, 0.2) is 25.1 Å². The van der Waals surface area contributed by atoms with E-state index in [1.807, 2.05) is 24.3 Å². The van der Waals surface area contributed by atoms with Crippen LogP contribution in [0.1, 0.15) is 22.3 Å². The molecular weight excluding hydrogens is 509 g/mol. The quantitative estimate of drug-likeness (QED) is 0.0645. The topological polar surface area (TPSA) is 46.2 Å². The van der Waals surface area contributed by atoms with Crippen LogP contribution < -0.4 is 14.2 Å². The van der Waals surface area contributed by atoms with Crippen molar-refractivity contribution < 1.29 is 23.7 Å². The van der Waals surface area contributed by atoms with Crippen LogP contribution >= 0.6 is 0 Å². The van der Waals surface area contributed by atoms with Crippen LogP contribution in [-0.4, -0.2) is 50.1 Å². The molecule has 0 unspecified atom stereocenters. The highest BCUT2D eigenvalue weighted by Crippen LogP contribution is 2.30. The second-order valence-electron chi connectivity index (χ2n) is 12.0. The lowest BCUT2D eigenvalue weighted by Gasteiger charge is -2.16. The van der Waals surface area contributed by atoms with Gasteiger partial charge in [0.05, 0.1) is 7.11 Å². The van der Waals surface area contributed by atoms with Crippen molar-refractivity contribution in [2.45, 2.75) is 64.7 Å². The summed E-state index contributed by atoms with van der Waals surface area (Å²) in [5.41, 5.74) is 4.50. The minimum Gasteiger partial charge on any atom is -0.493 e. The summed E-state index contributed by atoms with van der Waals surface area (Å²) in [6.45, 7) is 22.0. The number of ether oxygens (including phenoxy) is 5. The van der Waals surface area contributed by atoms with Crippen molar-refractivity contribution in [2.24, 2.45) is 0 Å². The molecule has 0 saturated heterocycles. The van der Waals surface area contributed by atoms with Crippen molar-refractivity contribution in [2.75, 3.05) is 33.9 Å². The molecule has 0 saturated carbocycles. The fourth-order valence-corrected chi connectivity index (χ4v) is 5.16. The van der Waals surface area contributed by atoms with Gasteiger partial charge in [-0.2, -0.15) is 0 Å². The van der Waals surface area contributed by atoms with E-state index in [0.717, 1.165) is 48.6 Å². The average molecular weight is 557 g/mol. The van der Waals surface area contributed by atoms with Gasteiger partial charge in [-0.05, 0) is 72.0 Å². The smallest absolute Gasteiger partial charge is 0.189 e. The lowest BCUT2D eigenvalue weighted by Crippen LogP contribution is -2.22. The zero-order chi connectivity index (χ0) is 28.2. The highest BCUT2D eigenvalue weighted by atomic mass is 28.3. The van der Waals surface area contributed by atoms with Crippen LogP contribution in [0.25, 0.3) is 12.2 Å². The van der Waals surface area contributed by atoms with E-state index in [1.54, 1.807) is 7.11 Å². The maximum absolute atomic E-state index is 5.94. The highest BCUT2D eigenvalue weighted by Gasteiger charge is 2.13. The summed E-state index contributed by atoms with van der Waals surface area (Å²) in [4.78, 5) is 0. The average Bonchev–Trinajstić information content (AvgIpc) is 2.83. The second-order valence-corrected chi connectivity index (χ2v) is 23.2. The lowest BCUT2D eigenvalue weighted by atomic mass is 9.97. The minimum atomic E-state index is -1.11. The van der Waals surface area contributed by atoms with E-state index in [0.29, 0.717) is 11.5 Å². The molecule has 2 aromatic rings. The van der Waals surface area contributed by atoms with E-state index in [4.69, 9.17) is 23.7 Å². The van der Waals surface area contributed by atoms with Gasteiger partial charge in [-0.15, -0.1) is 6.58 Å². The highest BCUT2D eigenvalue weighted by molar-refractivity contribution is 6.76. The van der Waals surface area contributed by atoms with Crippen LogP contribution in [0.4, 0.5) is 0 Å². The van der Waals surface area contributed by atoms with Gasteiger partial charge in [0.2, 0.25) is 0 Å². The van der Waals surface area contributed by atoms with Crippen LogP contribution in [-0.2, 0) is 15.9 Å². The van der Waals surface area contributed by atoms with E-state index < -0.39 is 16.1 Å². The molecular formula is C31H48O5Si2. The molecule has 0 spiro atoms. The number of hydrogen-bond donors (Lipinski definition) is 0. The molecule has 210 valence electrons. The second kappa shape index (κ2) is 15.3. The predicted molar refractivity (Wildman–Crippen MR) is 166 cm³/mol. The first-order valence-electron chi connectivity index (χ1n) is 13.4. The third-order valence-electron chi connectivity index (χ3n) is 6.07. The number of hydrogen-bond acceptors (Lipinski definition) is 5. The van der Waals surface area contributed by atoms with Crippen molar-refractivity contribution in [3.8, 4) is 17.2 Å². The van der Waals surface area contributed by atoms with Crippen LogP contribution in [0, 0.1) is 6.92 Å². The molecule has 7 heteroatoms. The predicted octanol–water partition coefficient (Wildman–Crippen LogP) is 8.28. The maximum atomic E-state index is 5.94. The zero-order valence-corrected chi connectivity index (χ0v) is 26.8. The first kappa shape index (κ1) is 31.9. The van der Waals surface area contributed by atoms with Gasteiger partial charge >= 0.3 is 0 Å². The lowest BCUT2D eigenvalue weighted by molar-refractivity contribution is 0.0205. The van der Waals surface area contributed by atoms with Gasteiger partial charge in [0.1, 0.15) is 5.75 Å². The molecule has 38 heavy (non-hydrogen) atoms. The molecule has 0 radical (unpaired) electrons. The Kier molecular flexibility index (Phi) is 12.8. The monoisotopic (exact) mass is 556 g/mol. The van der Waals surface area contributed by atoms with E-state index in [2.05, 4.69) is 77.1 Å². The third kappa shape index (κ3) is 12.0. The van der Waals surface area contributed by atoms with Gasteiger partial charge in [-0.1, -0.05) is 63.6 Å². The van der Waals surface area contributed by atoms with Crippen LogP contribution in [0.15, 0.2) is 43.0 Å². The molecule has 0 fully saturated rings. The van der Waals surface area contributed by atoms with Crippen LogP contribution in [0.5, 0.6) is 17.2 Å². The third-order valence-corrected chi connectivity index (χ3v) is 9.48. The minimum absolute atomic E-state index is 0.217. The van der Waals surface area contributed by atoms with Crippen molar-refractivity contribution in [1.82, 2.24) is 0 Å². The van der Waals surface area contributed by atoms with E-state index >= 15 is 0 Å². The summed E-state index contributed by atoms with van der Waals surface area (Å²) >= 11 is 0. The molecule has 2 aromatic carbocycles. The molecule has 0 heterocycles. The molecule has 0 aliphatic heterocycles. The standard InChI is InChI=1S/C31H48O5Si2/c1-10-11-29-25(2)20-28(35-23-33-16-18-37(4,5)6)22-27(29)14-12-26-13-15-30(31(21-26)32-3)36-24-34-17-19-38(7,8)9/h10,12-15,20-22H,1,11,16-19,23-24H2,2-9H3/b14-12+. The molecule has 0 N–H and O–H groups in total. The van der Waals surface area contributed by atoms with Crippen molar-refractivity contribution in [1.29, 1.82) is 0 Å².